The molecule has 0 amide bonds. The fourth-order valence-corrected chi connectivity index (χ4v) is 2.66. The zero-order chi connectivity index (χ0) is 13.1. The highest BCUT2D eigenvalue weighted by Gasteiger charge is 2.10. The molecule has 0 N–H and O–H groups in total. The second-order valence-corrected chi connectivity index (χ2v) is 6.07. The minimum atomic E-state index is -0.259. The summed E-state index contributed by atoms with van der Waals surface area (Å²) in [6, 6.07) is 6.54. The van der Waals surface area contributed by atoms with Gasteiger partial charge in [-0.3, -0.25) is 0 Å². The minimum Gasteiger partial charge on any atom is -0.219 e. The van der Waals surface area contributed by atoms with Crippen LogP contribution in [0.2, 0.25) is 10.3 Å². The van der Waals surface area contributed by atoms with Crippen molar-refractivity contribution in [3.8, 4) is 0 Å². The van der Waals surface area contributed by atoms with E-state index in [9.17, 15) is 4.39 Å². The Morgan fingerprint density at radius 1 is 1.17 bits per heavy atom. The lowest BCUT2D eigenvalue weighted by molar-refractivity contribution is 0.602. The summed E-state index contributed by atoms with van der Waals surface area (Å²) in [4.78, 5) is 8.74. The molecule has 0 bridgehead atoms. The monoisotopic (exact) mass is 414 g/mol. The third-order valence-electron chi connectivity index (χ3n) is 2.01. The van der Waals surface area contributed by atoms with E-state index < -0.39 is 0 Å². The van der Waals surface area contributed by atoms with Crippen molar-refractivity contribution >= 4 is 57.6 Å². The molecule has 0 aliphatic carbocycles. The summed E-state index contributed by atoms with van der Waals surface area (Å²) >= 11 is 15.1. The van der Waals surface area contributed by atoms with Crippen molar-refractivity contribution in [3.63, 3.8) is 0 Å². The molecule has 0 spiro atoms. The Hall–Kier alpha value is -0.110. The molecule has 0 unspecified atom stereocenters. The van der Waals surface area contributed by atoms with Crippen LogP contribution in [0.15, 0.2) is 29.2 Å². The molecule has 0 fully saturated rings. The SMILES string of the molecule is Fc1ccccc1SCc1nc(Cl)c(I)c(Cl)n1. The van der Waals surface area contributed by atoms with Gasteiger partial charge < -0.3 is 0 Å². The number of nitrogens with zero attached hydrogens (tertiary/aromatic N) is 2. The van der Waals surface area contributed by atoms with Crippen molar-refractivity contribution in [1.82, 2.24) is 9.97 Å². The van der Waals surface area contributed by atoms with E-state index in [2.05, 4.69) is 9.97 Å². The Kier molecular flexibility index (Phi) is 5.06. The van der Waals surface area contributed by atoms with Crippen molar-refractivity contribution in [3.05, 3.63) is 49.8 Å². The smallest absolute Gasteiger partial charge is 0.147 e. The number of aromatic nitrogens is 2. The summed E-state index contributed by atoms with van der Waals surface area (Å²) in [6.45, 7) is 0. The van der Waals surface area contributed by atoms with Crippen LogP contribution < -0.4 is 0 Å². The summed E-state index contributed by atoms with van der Waals surface area (Å²) < 4.78 is 14.0. The molecule has 2 aromatic rings. The van der Waals surface area contributed by atoms with E-state index >= 15 is 0 Å². The van der Waals surface area contributed by atoms with Crippen LogP contribution in [0.25, 0.3) is 0 Å². The van der Waals surface area contributed by atoms with Gasteiger partial charge in [0, 0.05) is 4.90 Å². The molecule has 2 rings (SSSR count). The molecular weight excluding hydrogens is 409 g/mol. The highest BCUT2D eigenvalue weighted by molar-refractivity contribution is 14.1. The Morgan fingerprint density at radius 2 is 1.78 bits per heavy atom. The third-order valence-corrected chi connectivity index (χ3v) is 5.26. The highest BCUT2D eigenvalue weighted by atomic mass is 127. The van der Waals surface area contributed by atoms with Crippen LogP contribution in [-0.2, 0) is 5.75 Å². The number of benzene rings is 1. The standard InChI is InChI=1S/C11H6Cl2FIN2S/c12-10-9(15)11(13)17-8(16-10)5-18-7-4-2-1-3-6(7)14/h1-4H,5H2. The number of hydrogen-bond donors (Lipinski definition) is 0. The Morgan fingerprint density at radius 3 is 2.39 bits per heavy atom. The molecule has 18 heavy (non-hydrogen) atoms. The van der Waals surface area contributed by atoms with Crippen molar-refractivity contribution in [1.29, 1.82) is 0 Å². The van der Waals surface area contributed by atoms with E-state index in [4.69, 9.17) is 23.2 Å². The fourth-order valence-electron chi connectivity index (χ4n) is 1.20. The predicted octanol–water partition coefficient (Wildman–Crippen LogP) is 4.82. The maximum absolute atomic E-state index is 13.4. The summed E-state index contributed by atoms with van der Waals surface area (Å²) in [5.74, 6) is 0.640. The minimum absolute atomic E-state index is 0.259. The average Bonchev–Trinajstić information content (AvgIpc) is 2.35. The van der Waals surface area contributed by atoms with E-state index in [1.54, 1.807) is 18.2 Å². The van der Waals surface area contributed by atoms with Crippen molar-refractivity contribution in [2.45, 2.75) is 10.6 Å². The van der Waals surface area contributed by atoms with Gasteiger partial charge in [-0.15, -0.1) is 11.8 Å². The lowest BCUT2D eigenvalue weighted by Gasteiger charge is -2.04. The topological polar surface area (TPSA) is 25.8 Å². The summed E-state index contributed by atoms with van der Waals surface area (Å²) in [5, 5.41) is 0.638. The molecule has 0 aliphatic heterocycles. The summed E-state index contributed by atoms with van der Waals surface area (Å²) in [6.07, 6.45) is 0. The maximum Gasteiger partial charge on any atom is 0.147 e. The molecule has 1 aromatic heterocycles. The first kappa shape index (κ1) is 14.3. The van der Waals surface area contributed by atoms with Crippen LogP contribution >= 0.6 is 57.6 Å². The van der Waals surface area contributed by atoms with Gasteiger partial charge >= 0.3 is 0 Å². The zero-order valence-electron chi connectivity index (χ0n) is 8.83. The van der Waals surface area contributed by atoms with Gasteiger partial charge in [0.1, 0.15) is 21.9 Å². The molecule has 0 saturated carbocycles. The summed E-state index contributed by atoms with van der Waals surface area (Å²) in [7, 11) is 0. The molecule has 94 valence electrons. The van der Waals surface area contributed by atoms with Gasteiger partial charge in [-0.05, 0) is 34.7 Å². The van der Waals surface area contributed by atoms with Crippen LogP contribution in [0.5, 0.6) is 0 Å². The first-order valence-corrected chi connectivity index (χ1v) is 7.64. The van der Waals surface area contributed by atoms with Crippen LogP contribution in [0.3, 0.4) is 0 Å². The van der Waals surface area contributed by atoms with E-state index in [1.807, 2.05) is 22.6 Å². The van der Waals surface area contributed by atoms with Gasteiger partial charge in [-0.1, -0.05) is 35.3 Å². The normalized spacial score (nSPS) is 10.7. The summed E-state index contributed by atoms with van der Waals surface area (Å²) in [5.41, 5.74) is 0. The Labute approximate surface area is 131 Å². The van der Waals surface area contributed by atoms with E-state index in [-0.39, 0.29) is 5.82 Å². The first-order chi connectivity index (χ1) is 8.58. The van der Waals surface area contributed by atoms with Crippen LogP contribution in [0, 0.1) is 9.39 Å². The quantitative estimate of drug-likeness (QED) is 0.409. The largest absolute Gasteiger partial charge is 0.219 e. The second kappa shape index (κ2) is 6.36. The number of thioether (sulfide) groups is 1. The number of hydrogen-bond acceptors (Lipinski definition) is 3. The average molecular weight is 415 g/mol. The van der Waals surface area contributed by atoms with E-state index in [0.717, 1.165) is 0 Å². The van der Waals surface area contributed by atoms with Crippen molar-refractivity contribution in [2.24, 2.45) is 0 Å². The van der Waals surface area contributed by atoms with Gasteiger partial charge in [0.05, 0.1) is 9.32 Å². The highest BCUT2D eigenvalue weighted by Crippen LogP contribution is 2.27. The van der Waals surface area contributed by atoms with Gasteiger partial charge in [0.15, 0.2) is 0 Å². The second-order valence-electron chi connectivity index (χ2n) is 3.25. The lowest BCUT2D eigenvalue weighted by Crippen LogP contribution is -1.96. The third kappa shape index (κ3) is 3.46. The van der Waals surface area contributed by atoms with Crippen LogP contribution in [0.4, 0.5) is 4.39 Å². The number of halogens is 4. The van der Waals surface area contributed by atoms with Gasteiger partial charge in [-0.2, -0.15) is 0 Å². The molecule has 1 heterocycles. The molecule has 7 heteroatoms. The Balaban J connectivity index is 2.14. The van der Waals surface area contributed by atoms with Crippen LogP contribution in [0.1, 0.15) is 5.82 Å². The van der Waals surface area contributed by atoms with Crippen LogP contribution in [-0.4, -0.2) is 9.97 Å². The predicted molar refractivity (Wildman–Crippen MR) is 80.7 cm³/mol. The Bertz CT molecular complexity index is 560. The van der Waals surface area contributed by atoms with Crippen molar-refractivity contribution in [2.75, 3.05) is 0 Å². The van der Waals surface area contributed by atoms with E-state index in [0.29, 0.717) is 30.3 Å². The molecule has 2 nitrogen and oxygen atoms in total. The molecule has 0 atom stereocenters. The molecule has 1 aromatic carbocycles. The lowest BCUT2D eigenvalue weighted by atomic mass is 10.3. The molecule has 0 radical (unpaired) electrons. The fraction of sp³-hybridized carbons (Fsp3) is 0.0909. The van der Waals surface area contributed by atoms with Crippen molar-refractivity contribution < 1.29 is 4.39 Å². The molecular formula is C11H6Cl2FIN2S. The first-order valence-electron chi connectivity index (χ1n) is 4.82. The van der Waals surface area contributed by atoms with Gasteiger partial charge in [0.25, 0.3) is 0 Å². The molecule has 0 saturated heterocycles. The van der Waals surface area contributed by atoms with E-state index in [1.165, 1.54) is 17.8 Å². The maximum atomic E-state index is 13.4. The zero-order valence-corrected chi connectivity index (χ0v) is 13.3. The van der Waals surface area contributed by atoms with Gasteiger partial charge in [0.2, 0.25) is 0 Å². The molecule has 0 aliphatic rings. The number of rotatable bonds is 3. The van der Waals surface area contributed by atoms with Gasteiger partial charge in [-0.25, -0.2) is 14.4 Å².